The highest BCUT2D eigenvalue weighted by atomic mass is 19.2. The number of rotatable bonds is 7. The molecule has 1 saturated heterocycles. The van der Waals surface area contributed by atoms with E-state index in [0.717, 1.165) is 37.8 Å². The van der Waals surface area contributed by atoms with Crippen LogP contribution in [-0.4, -0.2) is 46.9 Å². The zero-order valence-electron chi connectivity index (χ0n) is 20.9. The van der Waals surface area contributed by atoms with E-state index in [1.807, 2.05) is 6.07 Å². The number of H-pyrrole nitrogens is 1. The molecule has 1 saturated carbocycles. The molecule has 6 nitrogen and oxygen atoms in total. The van der Waals surface area contributed by atoms with Crippen molar-refractivity contribution in [2.45, 2.75) is 62.9 Å². The van der Waals surface area contributed by atoms with Crippen molar-refractivity contribution >= 4 is 22.7 Å². The number of benzene rings is 2. The fraction of sp³-hybridized carbons (Fsp3) is 0.448. The molecule has 1 atom stereocenters. The first-order valence-electron chi connectivity index (χ1n) is 13.2. The molecule has 1 aliphatic heterocycles. The zero-order chi connectivity index (χ0) is 25.9. The average molecular weight is 509 g/mol. The smallest absolute Gasteiger partial charge is 0.234 e. The van der Waals surface area contributed by atoms with Gasteiger partial charge in [-0.2, -0.15) is 0 Å². The maximum Gasteiger partial charge on any atom is 0.234 e. The molecule has 2 heterocycles. The Kier molecular flexibility index (Phi) is 7.55. The van der Waals surface area contributed by atoms with E-state index in [4.69, 9.17) is 5.73 Å². The van der Waals surface area contributed by atoms with Crippen molar-refractivity contribution in [3.8, 4) is 0 Å². The fourth-order valence-electron chi connectivity index (χ4n) is 6.13. The summed E-state index contributed by atoms with van der Waals surface area (Å²) in [4.78, 5) is 30.2. The van der Waals surface area contributed by atoms with Crippen LogP contribution < -0.4 is 11.1 Å². The predicted molar refractivity (Wildman–Crippen MR) is 139 cm³/mol. The van der Waals surface area contributed by atoms with E-state index in [2.05, 4.69) is 34.7 Å². The standard InChI is InChI=1S/C29H34F2N4O2/c30-24-10-5-18(15-25(24)31)16-27(36)35-13-11-20(12-14-35)28(29(32)37)34-21-8-6-19(7-9-21)23-17-33-26-4-2-1-3-22(23)26/h1-5,10,15,17,19-21,28,33-34H,6-9,11-14,16H2,(H2,32,37). The number of carbonyl (C=O) groups excluding carboxylic acids is 2. The molecule has 37 heavy (non-hydrogen) atoms. The van der Waals surface area contributed by atoms with Crippen molar-refractivity contribution in [2.24, 2.45) is 11.7 Å². The van der Waals surface area contributed by atoms with E-state index >= 15 is 0 Å². The van der Waals surface area contributed by atoms with Crippen LogP contribution in [0, 0.1) is 17.6 Å². The zero-order valence-corrected chi connectivity index (χ0v) is 20.9. The molecule has 2 aliphatic rings. The Morgan fingerprint density at radius 2 is 1.73 bits per heavy atom. The first-order chi connectivity index (χ1) is 17.9. The van der Waals surface area contributed by atoms with Gasteiger partial charge >= 0.3 is 0 Å². The minimum atomic E-state index is -0.949. The third-order valence-electron chi connectivity index (χ3n) is 8.21. The van der Waals surface area contributed by atoms with E-state index < -0.39 is 17.7 Å². The topological polar surface area (TPSA) is 91.2 Å². The second kappa shape index (κ2) is 11.0. The molecule has 1 aliphatic carbocycles. The monoisotopic (exact) mass is 508 g/mol. The number of likely N-dealkylation sites (tertiary alicyclic amines) is 1. The third kappa shape index (κ3) is 5.69. The third-order valence-corrected chi connectivity index (χ3v) is 8.21. The summed E-state index contributed by atoms with van der Waals surface area (Å²) in [5.41, 5.74) is 8.82. The summed E-state index contributed by atoms with van der Waals surface area (Å²) in [6.07, 6.45) is 7.60. The molecule has 0 radical (unpaired) electrons. The summed E-state index contributed by atoms with van der Waals surface area (Å²) < 4.78 is 26.7. The van der Waals surface area contributed by atoms with Crippen LogP contribution in [0.3, 0.4) is 0 Å². The number of halogens is 2. The fourth-order valence-corrected chi connectivity index (χ4v) is 6.13. The maximum atomic E-state index is 13.5. The Labute approximate surface area is 215 Å². The Bertz CT molecular complexity index is 1260. The molecule has 4 N–H and O–H groups in total. The number of fused-ring (bicyclic) bond motifs is 1. The molecule has 8 heteroatoms. The summed E-state index contributed by atoms with van der Waals surface area (Å²) in [5, 5.41) is 4.85. The van der Waals surface area contributed by atoms with Crippen LogP contribution in [0.2, 0.25) is 0 Å². The van der Waals surface area contributed by atoms with Crippen LogP contribution in [0.5, 0.6) is 0 Å². The minimum Gasteiger partial charge on any atom is -0.368 e. The van der Waals surface area contributed by atoms with Crippen LogP contribution in [-0.2, 0) is 16.0 Å². The van der Waals surface area contributed by atoms with Crippen molar-refractivity contribution < 1.29 is 18.4 Å². The van der Waals surface area contributed by atoms with Crippen molar-refractivity contribution in [2.75, 3.05) is 13.1 Å². The second-order valence-electron chi connectivity index (χ2n) is 10.5. The van der Waals surface area contributed by atoms with Crippen LogP contribution in [0.4, 0.5) is 8.78 Å². The number of para-hydroxylation sites is 1. The molecule has 0 spiro atoms. The normalized spacial score (nSPS) is 21.7. The molecule has 5 rings (SSSR count). The molecular formula is C29H34F2N4O2. The van der Waals surface area contributed by atoms with E-state index in [-0.39, 0.29) is 30.2 Å². The molecule has 3 aromatic rings. The van der Waals surface area contributed by atoms with E-state index in [1.165, 1.54) is 22.5 Å². The largest absolute Gasteiger partial charge is 0.368 e. The molecule has 0 bridgehead atoms. The lowest BCUT2D eigenvalue weighted by Gasteiger charge is -2.38. The van der Waals surface area contributed by atoms with Crippen LogP contribution in [0.1, 0.15) is 55.6 Å². The van der Waals surface area contributed by atoms with Gasteiger partial charge in [0, 0.05) is 36.2 Å². The van der Waals surface area contributed by atoms with Crippen LogP contribution in [0.15, 0.2) is 48.7 Å². The van der Waals surface area contributed by atoms with Gasteiger partial charge in [-0.25, -0.2) is 8.78 Å². The number of aromatic amines is 1. The Morgan fingerprint density at radius 3 is 2.43 bits per heavy atom. The number of amides is 2. The SMILES string of the molecule is NC(=O)C(NC1CCC(c2c[nH]c3ccccc23)CC1)C1CCN(C(=O)Cc2ccc(F)c(F)c2)CC1. The van der Waals surface area contributed by atoms with Gasteiger partial charge in [0.05, 0.1) is 12.5 Å². The van der Waals surface area contributed by atoms with Gasteiger partial charge in [0.2, 0.25) is 11.8 Å². The van der Waals surface area contributed by atoms with Crippen molar-refractivity contribution in [1.82, 2.24) is 15.2 Å². The molecular weight excluding hydrogens is 474 g/mol. The lowest BCUT2D eigenvalue weighted by atomic mass is 9.80. The number of primary amides is 1. The van der Waals surface area contributed by atoms with Crippen molar-refractivity contribution in [3.05, 3.63) is 71.4 Å². The van der Waals surface area contributed by atoms with E-state index in [1.54, 1.807) is 4.90 Å². The van der Waals surface area contributed by atoms with Crippen LogP contribution >= 0.6 is 0 Å². The molecule has 2 fully saturated rings. The summed E-state index contributed by atoms with van der Waals surface area (Å²) in [5.74, 6) is -1.77. The first-order valence-corrected chi connectivity index (χ1v) is 13.2. The number of aromatic nitrogens is 1. The molecule has 1 unspecified atom stereocenters. The lowest BCUT2D eigenvalue weighted by molar-refractivity contribution is -0.132. The number of piperidine rings is 1. The molecule has 196 valence electrons. The quantitative estimate of drug-likeness (QED) is 0.442. The van der Waals surface area contributed by atoms with E-state index in [0.29, 0.717) is 37.4 Å². The molecule has 2 amide bonds. The number of hydrogen-bond donors (Lipinski definition) is 3. The molecule has 2 aromatic carbocycles. The number of nitrogens with two attached hydrogens (primary N) is 1. The summed E-state index contributed by atoms with van der Waals surface area (Å²) in [6.45, 7) is 1.04. The number of nitrogens with one attached hydrogen (secondary N) is 2. The van der Waals surface area contributed by atoms with Crippen molar-refractivity contribution in [1.29, 1.82) is 0 Å². The summed E-state index contributed by atoms with van der Waals surface area (Å²) in [7, 11) is 0. The lowest BCUT2D eigenvalue weighted by Crippen LogP contribution is -2.54. The van der Waals surface area contributed by atoms with Gasteiger partial charge in [-0.15, -0.1) is 0 Å². The first kappa shape index (κ1) is 25.4. The highest BCUT2D eigenvalue weighted by molar-refractivity contribution is 5.83. The number of carbonyl (C=O) groups is 2. The van der Waals surface area contributed by atoms with Gasteiger partial charge in [-0.1, -0.05) is 24.3 Å². The van der Waals surface area contributed by atoms with Gasteiger partial charge in [0.15, 0.2) is 11.6 Å². The van der Waals surface area contributed by atoms with Gasteiger partial charge in [-0.3, -0.25) is 9.59 Å². The number of nitrogens with zero attached hydrogens (tertiary/aromatic N) is 1. The van der Waals surface area contributed by atoms with Gasteiger partial charge in [-0.05, 0) is 79.7 Å². The minimum absolute atomic E-state index is 0.0268. The van der Waals surface area contributed by atoms with Crippen LogP contribution in [0.25, 0.3) is 10.9 Å². The highest BCUT2D eigenvalue weighted by Gasteiger charge is 2.34. The Hall–Kier alpha value is -3.26. The van der Waals surface area contributed by atoms with Gasteiger partial charge < -0.3 is 20.9 Å². The number of hydrogen-bond acceptors (Lipinski definition) is 3. The summed E-state index contributed by atoms with van der Waals surface area (Å²) >= 11 is 0. The predicted octanol–water partition coefficient (Wildman–Crippen LogP) is 4.40. The van der Waals surface area contributed by atoms with Crippen molar-refractivity contribution in [3.63, 3.8) is 0 Å². The maximum absolute atomic E-state index is 13.5. The second-order valence-corrected chi connectivity index (χ2v) is 10.5. The Balaban J connectivity index is 1.12. The van der Waals surface area contributed by atoms with E-state index in [9.17, 15) is 18.4 Å². The highest BCUT2D eigenvalue weighted by Crippen LogP contribution is 2.37. The Morgan fingerprint density at radius 1 is 1.00 bits per heavy atom. The van der Waals surface area contributed by atoms with Gasteiger partial charge in [0.25, 0.3) is 0 Å². The summed E-state index contributed by atoms with van der Waals surface area (Å²) in [6, 6.07) is 11.8. The average Bonchev–Trinajstić information content (AvgIpc) is 3.34. The molecule has 1 aromatic heterocycles. The van der Waals surface area contributed by atoms with Gasteiger partial charge in [0.1, 0.15) is 0 Å².